The standard InChI is InChI=1S/C20H28O2/c1-12(2)17-8-7-13(3)10-18(17)20-15(5)9-14(4)11-19(20)22-16(6)21/h9-12,17-18H,7-8H2,1-6H3. The van der Waals surface area contributed by atoms with Gasteiger partial charge in [0.15, 0.2) is 0 Å². The predicted molar refractivity (Wildman–Crippen MR) is 91.3 cm³/mol. The number of esters is 1. The zero-order chi connectivity index (χ0) is 16.4. The molecule has 1 aromatic carbocycles. The molecule has 0 N–H and O–H groups in total. The largest absolute Gasteiger partial charge is 0.426 e. The molecular weight excluding hydrogens is 272 g/mol. The Bertz CT molecular complexity index is 596. The first-order chi connectivity index (χ1) is 10.3. The molecule has 0 saturated heterocycles. The third-order valence-corrected chi connectivity index (χ3v) is 4.73. The van der Waals surface area contributed by atoms with Crippen LogP contribution in [0.2, 0.25) is 0 Å². The van der Waals surface area contributed by atoms with Gasteiger partial charge in [-0.05, 0) is 62.6 Å². The minimum atomic E-state index is -0.246. The highest BCUT2D eigenvalue weighted by atomic mass is 16.5. The van der Waals surface area contributed by atoms with E-state index >= 15 is 0 Å². The fourth-order valence-electron chi connectivity index (χ4n) is 3.74. The monoisotopic (exact) mass is 300 g/mol. The summed E-state index contributed by atoms with van der Waals surface area (Å²) in [6.07, 6.45) is 4.77. The summed E-state index contributed by atoms with van der Waals surface area (Å²) in [6.45, 7) is 12.4. The van der Waals surface area contributed by atoms with Gasteiger partial charge < -0.3 is 4.74 Å². The summed E-state index contributed by atoms with van der Waals surface area (Å²) < 4.78 is 5.56. The van der Waals surface area contributed by atoms with Gasteiger partial charge in [0, 0.05) is 18.4 Å². The van der Waals surface area contributed by atoms with Crippen LogP contribution in [0.1, 0.15) is 63.1 Å². The number of hydrogen-bond acceptors (Lipinski definition) is 2. The second-order valence-electron chi connectivity index (χ2n) is 7.07. The van der Waals surface area contributed by atoms with E-state index in [1.807, 2.05) is 13.0 Å². The molecule has 1 aliphatic rings. The summed E-state index contributed by atoms with van der Waals surface area (Å²) in [7, 11) is 0. The fourth-order valence-corrected chi connectivity index (χ4v) is 3.74. The van der Waals surface area contributed by atoms with Crippen LogP contribution in [0.3, 0.4) is 0 Å². The number of allylic oxidation sites excluding steroid dienone is 2. The Morgan fingerprint density at radius 1 is 1.23 bits per heavy atom. The van der Waals surface area contributed by atoms with E-state index in [1.54, 1.807) is 0 Å². The van der Waals surface area contributed by atoms with Gasteiger partial charge in [-0.1, -0.05) is 31.6 Å². The number of hydrogen-bond donors (Lipinski definition) is 0. The van der Waals surface area contributed by atoms with Crippen LogP contribution in [0.15, 0.2) is 23.8 Å². The van der Waals surface area contributed by atoms with Gasteiger partial charge in [-0.2, -0.15) is 0 Å². The first-order valence-corrected chi connectivity index (χ1v) is 8.26. The van der Waals surface area contributed by atoms with Crippen LogP contribution >= 0.6 is 0 Å². The van der Waals surface area contributed by atoms with Crippen molar-refractivity contribution in [2.75, 3.05) is 0 Å². The van der Waals surface area contributed by atoms with Crippen LogP contribution in [-0.2, 0) is 4.79 Å². The van der Waals surface area contributed by atoms with Crippen LogP contribution in [0.25, 0.3) is 0 Å². The molecular formula is C20H28O2. The number of rotatable bonds is 3. The highest BCUT2D eigenvalue weighted by molar-refractivity contribution is 5.70. The van der Waals surface area contributed by atoms with Gasteiger partial charge >= 0.3 is 5.97 Å². The van der Waals surface area contributed by atoms with Gasteiger partial charge in [0.2, 0.25) is 0 Å². The van der Waals surface area contributed by atoms with Gasteiger partial charge in [-0.25, -0.2) is 0 Å². The van der Waals surface area contributed by atoms with E-state index in [1.165, 1.54) is 36.5 Å². The molecule has 2 unspecified atom stereocenters. The Balaban J connectivity index is 2.57. The molecule has 0 aromatic heterocycles. The van der Waals surface area contributed by atoms with Crippen LogP contribution in [-0.4, -0.2) is 5.97 Å². The molecule has 0 aliphatic heterocycles. The summed E-state index contributed by atoms with van der Waals surface area (Å²) in [4.78, 5) is 11.5. The predicted octanol–water partition coefficient (Wildman–Crippen LogP) is 5.32. The smallest absolute Gasteiger partial charge is 0.308 e. The molecule has 0 amide bonds. The molecule has 0 radical (unpaired) electrons. The molecule has 120 valence electrons. The minimum absolute atomic E-state index is 0.246. The number of aryl methyl sites for hydroxylation is 2. The number of benzene rings is 1. The Kier molecular flexibility index (Phi) is 5.10. The molecule has 0 bridgehead atoms. The first-order valence-electron chi connectivity index (χ1n) is 8.26. The molecule has 1 aliphatic carbocycles. The van der Waals surface area contributed by atoms with Gasteiger partial charge in [-0.3, -0.25) is 4.79 Å². The van der Waals surface area contributed by atoms with Crippen LogP contribution in [0, 0.1) is 25.7 Å². The van der Waals surface area contributed by atoms with Crippen LogP contribution in [0.4, 0.5) is 0 Å². The quantitative estimate of drug-likeness (QED) is 0.429. The molecule has 0 heterocycles. The zero-order valence-electron chi connectivity index (χ0n) is 14.7. The Morgan fingerprint density at radius 2 is 1.91 bits per heavy atom. The average molecular weight is 300 g/mol. The average Bonchev–Trinajstić information content (AvgIpc) is 2.36. The number of carbonyl (C=O) groups is 1. The lowest BCUT2D eigenvalue weighted by Crippen LogP contribution is -2.22. The second kappa shape index (κ2) is 6.68. The number of ether oxygens (including phenoxy) is 1. The van der Waals surface area contributed by atoms with E-state index in [9.17, 15) is 4.79 Å². The van der Waals surface area contributed by atoms with Crippen molar-refractivity contribution in [2.45, 2.75) is 60.3 Å². The van der Waals surface area contributed by atoms with Crippen molar-refractivity contribution in [1.29, 1.82) is 0 Å². The molecule has 0 saturated carbocycles. The van der Waals surface area contributed by atoms with Crippen molar-refractivity contribution < 1.29 is 9.53 Å². The minimum Gasteiger partial charge on any atom is -0.426 e. The summed E-state index contributed by atoms with van der Waals surface area (Å²) in [5.74, 6) is 2.04. The number of carbonyl (C=O) groups excluding carboxylic acids is 1. The van der Waals surface area contributed by atoms with Gasteiger partial charge in [0.1, 0.15) is 5.75 Å². The normalized spacial score (nSPS) is 21.7. The van der Waals surface area contributed by atoms with Gasteiger partial charge in [0.05, 0.1) is 0 Å². The molecule has 2 atom stereocenters. The van der Waals surface area contributed by atoms with Gasteiger partial charge in [-0.15, -0.1) is 0 Å². The van der Waals surface area contributed by atoms with Crippen molar-refractivity contribution in [3.8, 4) is 5.75 Å². The summed E-state index contributed by atoms with van der Waals surface area (Å²) in [5, 5.41) is 0. The SMILES string of the molecule is CC(=O)Oc1cc(C)cc(C)c1C1C=C(C)CCC1C(C)C. The van der Waals surface area contributed by atoms with Crippen molar-refractivity contribution in [1.82, 2.24) is 0 Å². The molecule has 1 aromatic rings. The maximum atomic E-state index is 11.5. The lowest BCUT2D eigenvalue weighted by atomic mass is 9.71. The Hall–Kier alpha value is -1.57. The van der Waals surface area contributed by atoms with Crippen molar-refractivity contribution >= 4 is 5.97 Å². The third-order valence-electron chi connectivity index (χ3n) is 4.73. The molecule has 0 fully saturated rings. The van der Waals surface area contributed by atoms with Gasteiger partial charge in [0.25, 0.3) is 0 Å². The second-order valence-corrected chi connectivity index (χ2v) is 7.07. The lowest BCUT2D eigenvalue weighted by molar-refractivity contribution is -0.131. The molecule has 2 rings (SSSR count). The molecule has 2 heteroatoms. The fraction of sp³-hybridized carbons (Fsp3) is 0.550. The molecule has 2 nitrogen and oxygen atoms in total. The lowest BCUT2D eigenvalue weighted by Gasteiger charge is -2.34. The topological polar surface area (TPSA) is 26.3 Å². The van der Waals surface area contributed by atoms with Crippen LogP contribution in [0.5, 0.6) is 5.75 Å². The van der Waals surface area contributed by atoms with Crippen molar-refractivity contribution in [3.05, 3.63) is 40.5 Å². The van der Waals surface area contributed by atoms with E-state index in [0.29, 0.717) is 17.8 Å². The highest BCUT2D eigenvalue weighted by Gasteiger charge is 2.31. The maximum absolute atomic E-state index is 11.5. The summed E-state index contributed by atoms with van der Waals surface area (Å²) in [6, 6.07) is 4.19. The maximum Gasteiger partial charge on any atom is 0.308 e. The van der Waals surface area contributed by atoms with Crippen molar-refractivity contribution in [2.24, 2.45) is 11.8 Å². The first kappa shape index (κ1) is 16.8. The van der Waals surface area contributed by atoms with Crippen LogP contribution < -0.4 is 4.74 Å². The van der Waals surface area contributed by atoms with Crippen molar-refractivity contribution in [3.63, 3.8) is 0 Å². The van der Waals surface area contributed by atoms with E-state index in [0.717, 1.165) is 11.3 Å². The summed E-state index contributed by atoms with van der Waals surface area (Å²) in [5.41, 5.74) is 4.99. The van der Waals surface area contributed by atoms with E-state index in [4.69, 9.17) is 4.74 Å². The van der Waals surface area contributed by atoms with E-state index in [-0.39, 0.29) is 5.97 Å². The third kappa shape index (κ3) is 3.60. The zero-order valence-corrected chi connectivity index (χ0v) is 14.7. The highest BCUT2D eigenvalue weighted by Crippen LogP contribution is 2.44. The Labute approximate surface area is 134 Å². The Morgan fingerprint density at radius 3 is 2.50 bits per heavy atom. The molecule has 0 spiro atoms. The molecule has 22 heavy (non-hydrogen) atoms. The van der Waals surface area contributed by atoms with E-state index in [2.05, 4.69) is 39.8 Å². The van der Waals surface area contributed by atoms with E-state index < -0.39 is 0 Å². The summed E-state index contributed by atoms with van der Waals surface area (Å²) >= 11 is 0.